The molecule has 2 aromatic rings. The van der Waals surface area contributed by atoms with E-state index in [1.54, 1.807) is 23.5 Å². The van der Waals surface area contributed by atoms with E-state index in [0.717, 1.165) is 4.31 Å². The Kier molecular flexibility index (Phi) is 6.67. The maximum atomic E-state index is 15.1. The number of aromatic nitrogens is 1. The first-order valence-corrected chi connectivity index (χ1v) is 12.1. The predicted octanol–water partition coefficient (Wildman–Crippen LogP) is 2.47. The van der Waals surface area contributed by atoms with Crippen LogP contribution in [0.1, 0.15) is 30.2 Å². The third-order valence-electron chi connectivity index (χ3n) is 6.04. The zero-order valence-electron chi connectivity index (χ0n) is 17.9. The molecule has 0 bridgehead atoms. The minimum atomic E-state index is -3.43. The molecule has 12 heteroatoms. The normalized spacial score (nSPS) is 19.9. The summed E-state index contributed by atoms with van der Waals surface area (Å²) in [5.74, 6) is -1.67. The van der Waals surface area contributed by atoms with E-state index < -0.39 is 52.1 Å². The van der Waals surface area contributed by atoms with Crippen molar-refractivity contribution in [1.82, 2.24) is 14.6 Å². The van der Waals surface area contributed by atoms with Gasteiger partial charge in [-0.05, 0) is 30.0 Å². The molecule has 0 radical (unpaired) electrons. The molecule has 7 nitrogen and oxygen atoms in total. The molecular formula is C22H23F4N3O4S. The van der Waals surface area contributed by atoms with Gasteiger partial charge in [0.15, 0.2) is 5.67 Å². The van der Waals surface area contributed by atoms with Crippen molar-refractivity contribution in [1.29, 1.82) is 0 Å². The highest BCUT2D eigenvalue weighted by atomic mass is 32.2. The van der Waals surface area contributed by atoms with Gasteiger partial charge in [-0.25, -0.2) is 17.2 Å². The number of rotatable bonds is 9. The number of pyridine rings is 1. The van der Waals surface area contributed by atoms with Crippen LogP contribution in [0.3, 0.4) is 0 Å². The highest BCUT2D eigenvalue weighted by Gasteiger charge is 2.54. The first kappa shape index (κ1) is 24.6. The zero-order valence-corrected chi connectivity index (χ0v) is 18.7. The average molecular weight is 502 g/mol. The lowest BCUT2D eigenvalue weighted by atomic mass is 9.93. The van der Waals surface area contributed by atoms with Crippen LogP contribution in [0.25, 0.3) is 11.1 Å². The number of aliphatic hydroxyl groups excluding tert-OH is 1. The molecule has 2 atom stereocenters. The number of aliphatic hydroxyl groups is 1. The van der Waals surface area contributed by atoms with E-state index in [1.807, 2.05) is 0 Å². The van der Waals surface area contributed by atoms with E-state index in [1.165, 1.54) is 24.4 Å². The lowest BCUT2D eigenvalue weighted by molar-refractivity contribution is -0.133. The van der Waals surface area contributed by atoms with E-state index in [4.69, 9.17) is 0 Å². The first-order valence-electron chi connectivity index (χ1n) is 10.6. The molecule has 2 heterocycles. The number of hydrogen-bond donors (Lipinski definition) is 2. The van der Waals surface area contributed by atoms with Crippen LogP contribution in [0, 0.1) is 0 Å². The third-order valence-corrected chi connectivity index (χ3v) is 8.33. The number of benzene rings is 1. The molecule has 1 amide bonds. The monoisotopic (exact) mass is 501 g/mol. The molecule has 4 rings (SSSR count). The topological polar surface area (TPSA) is 99.6 Å². The van der Waals surface area contributed by atoms with Crippen LogP contribution < -0.4 is 5.32 Å². The number of alkyl halides is 4. The lowest BCUT2D eigenvalue weighted by Crippen LogP contribution is -2.59. The molecule has 1 saturated carbocycles. The van der Waals surface area contributed by atoms with Crippen molar-refractivity contribution in [2.75, 3.05) is 19.8 Å². The zero-order chi connectivity index (χ0) is 24.7. The van der Waals surface area contributed by atoms with Crippen LogP contribution in [-0.4, -0.2) is 66.2 Å². The summed E-state index contributed by atoms with van der Waals surface area (Å²) in [7, 11) is -3.43. The molecule has 1 saturated heterocycles. The maximum Gasteiger partial charge on any atom is 0.315 e. The number of amides is 1. The van der Waals surface area contributed by atoms with Crippen molar-refractivity contribution in [2.24, 2.45) is 0 Å². The molecule has 34 heavy (non-hydrogen) atoms. The maximum absolute atomic E-state index is 15.1. The Hall–Kier alpha value is -2.57. The number of hydrogen-bond acceptors (Lipinski definition) is 5. The van der Waals surface area contributed by atoms with Crippen molar-refractivity contribution in [3.05, 3.63) is 53.9 Å². The Balaban J connectivity index is 1.41. The number of sulfonamides is 1. The summed E-state index contributed by atoms with van der Waals surface area (Å²) in [6.07, 6.45) is -2.21. The van der Waals surface area contributed by atoms with Crippen LogP contribution in [0.2, 0.25) is 0 Å². The van der Waals surface area contributed by atoms with Crippen molar-refractivity contribution in [3.8, 4) is 11.1 Å². The van der Waals surface area contributed by atoms with Crippen molar-refractivity contribution in [2.45, 2.75) is 42.3 Å². The van der Waals surface area contributed by atoms with Gasteiger partial charge < -0.3 is 10.4 Å². The van der Waals surface area contributed by atoms with Gasteiger partial charge in [0.2, 0.25) is 10.0 Å². The minimum Gasteiger partial charge on any atom is -0.386 e. The van der Waals surface area contributed by atoms with Gasteiger partial charge in [0.25, 0.3) is 5.91 Å². The Morgan fingerprint density at radius 3 is 2.26 bits per heavy atom. The summed E-state index contributed by atoms with van der Waals surface area (Å²) in [5.41, 5.74) is -0.254. The van der Waals surface area contributed by atoms with Crippen LogP contribution in [-0.2, 0) is 20.5 Å². The first-order chi connectivity index (χ1) is 16.0. The molecule has 2 N–H and O–H groups in total. The summed E-state index contributed by atoms with van der Waals surface area (Å²) in [4.78, 5) is 15.3. The van der Waals surface area contributed by atoms with Gasteiger partial charge in [0.1, 0.15) is 12.8 Å². The summed E-state index contributed by atoms with van der Waals surface area (Å²) in [6.45, 7) is -1.76. The summed E-state index contributed by atoms with van der Waals surface area (Å²) < 4.78 is 78.6. The Morgan fingerprint density at radius 2 is 1.76 bits per heavy atom. The predicted molar refractivity (Wildman–Crippen MR) is 115 cm³/mol. The van der Waals surface area contributed by atoms with Gasteiger partial charge in [-0.15, -0.1) is 0 Å². The lowest BCUT2D eigenvalue weighted by Gasteiger charge is -2.42. The second kappa shape index (κ2) is 9.23. The summed E-state index contributed by atoms with van der Waals surface area (Å²) in [6, 6.07) is 7.65. The molecule has 2 aliphatic rings. The van der Waals surface area contributed by atoms with Crippen molar-refractivity contribution < 1.29 is 35.9 Å². The van der Waals surface area contributed by atoms with E-state index >= 15 is 4.39 Å². The summed E-state index contributed by atoms with van der Waals surface area (Å²) >= 11 is 0. The van der Waals surface area contributed by atoms with E-state index in [-0.39, 0.29) is 24.3 Å². The van der Waals surface area contributed by atoms with Gasteiger partial charge in [0, 0.05) is 11.8 Å². The number of carbonyl (C=O) groups excluding carboxylic acids is 1. The smallest absolute Gasteiger partial charge is 0.315 e. The van der Waals surface area contributed by atoms with Gasteiger partial charge in [0.05, 0.1) is 30.1 Å². The van der Waals surface area contributed by atoms with Crippen LogP contribution in [0.5, 0.6) is 0 Å². The number of nitrogens with zero attached hydrogens (tertiary/aromatic N) is 2. The fourth-order valence-corrected chi connectivity index (χ4v) is 5.74. The molecule has 2 fully saturated rings. The fraction of sp³-hybridized carbons (Fsp3) is 0.455. The largest absolute Gasteiger partial charge is 0.386 e. The van der Waals surface area contributed by atoms with Crippen molar-refractivity contribution >= 4 is 15.9 Å². The minimum absolute atomic E-state index is 0.131. The van der Waals surface area contributed by atoms with Gasteiger partial charge >= 0.3 is 6.43 Å². The SMILES string of the molecule is O=C(N[C@H](CF)[C@@H](O)c1ccc(-c2ccc(C3(F)CN(S(=O)(=O)C4CC4)C3)nc2)cc1)C(F)F. The second-order valence-electron chi connectivity index (χ2n) is 8.55. The molecule has 184 valence electrons. The van der Waals surface area contributed by atoms with E-state index in [9.17, 15) is 31.5 Å². The van der Waals surface area contributed by atoms with Crippen LogP contribution in [0.15, 0.2) is 42.6 Å². The van der Waals surface area contributed by atoms with Gasteiger partial charge in [-0.1, -0.05) is 30.3 Å². The van der Waals surface area contributed by atoms with Gasteiger partial charge in [-0.3, -0.25) is 9.78 Å². The number of halogens is 4. The number of nitrogens with one attached hydrogen (secondary N) is 1. The third kappa shape index (κ3) is 4.80. The summed E-state index contributed by atoms with van der Waals surface area (Å²) in [5, 5.41) is 11.6. The molecule has 0 unspecified atom stereocenters. The standard InChI is InChI=1S/C22H23F4N3O4S/c23-9-17(28-21(31)20(24)25)19(30)14-3-1-13(2-4-14)15-5-8-18(27-10-15)22(26)11-29(12-22)34(32,33)16-6-7-16/h1-5,8,10,16-17,19-20,30H,6-7,9,11-12H2,(H,28,31)/t17-,19+/m1/s1. The van der Waals surface area contributed by atoms with Gasteiger partial charge in [-0.2, -0.15) is 13.1 Å². The van der Waals surface area contributed by atoms with E-state index in [0.29, 0.717) is 24.0 Å². The Labute approximate surface area is 193 Å². The molecule has 0 spiro atoms. The van der Waals surface area contributed by atoms with Crippen LogP contribution >= 0.6 is 0 Å². The van der Waals surface area contributed by atoms with E-state index in [2.05, 4.69) is 4.98 Å². The van der Waals surface area contributed by atoms with Crippen molar-refractivity contribution in [3.63, 3.8) is 0 Å². The number of carbonyl (C=O) groups is 1. The highest BCUT2D eigenvalue weighted by Crippen LogP contribution is 2.41. The average Bonchev–Trinajstić information content (AvgIpc) is 3.66. The molecule has 1 aromatic heterocycles. The fourth-order valence-electron chi connectivity index (χ4n) is 3.81. The van der Waals surface area contributed by atoms with Crippen LogP contribution in [0.4, 0.5) is 17.6 Å². The molecule has 1 aromatic carbocycles. The molecular weight excluding hydrogens is 478 g/mol. The molecule has 1 aliphatic heterocycles. The highest BCUT2D eigenvalue weighted by molar-refractivity contribution is 7.90. The Morgan fingerprint density at radius 1 is 1.15 bits per heavy atom. The quantitative estimate of drug-likeness (QED) is 0.515. The molecule has 1 aliphatic carbocycles. The second-order valence-corrected chi connectivity index (χ2v) is 10.8. The Bertz CT molecular complexity index is 1140.